The van der Waals surface area contributed by atoms with Gasteiger partial charge in [0.1, 0.15) is 6.61 Å². The molecule has 0 aliphatic rings. The van der Waals surface area contributed by atoms with Crippen molar-refractivity contribution in [2.45, 2.75) is 0 Å². The summed E-state index contributed by atoms with van der Waals surface area (Å²) in [6.45, 7) is 3.99. The zero-order chi connectivity index (χ0) is 16.5. The van der Waals surface area contributed by atoms with E-state index in [2.05, 4.69) is 22.1 Å². The van der Waals surface area contributed by atoms with E-state index in [0.717, 1.165) is 5.56 Å². The molecule has 1 aromatic carbocycles. The first-order valence-corrected chi connectivity index (χ1v) is 6.89. The van der Waals surface area contributed by atoms with E-state index in [0.29, 0.717) is 23.7 Å². The summed E-state index contributed by atoms with van der Waals surface area (Å²) in [7, 11) is 1.56. The number of pyridine rings is 1. The Morgan fingerprint density at radius 1 is 1.39 bits per heavy atom. The van der Waals surface area contributed by atoms with Gasteiger partial charge in [-0.3, -0.25) is 9.78 Å². The maximum atomic E-state index is 11.8. The Kier molecular flexibility index (Phi) is 5.88. The molecule has 6 heteroatoms. The highest BCUT2D eigenvalue weighted by Gasteiger charge is 2.05. The third-order valence-electron chi connectivity index (χ3n) is 2.85. The molecule has 1 amide bonds. The molecular formula is C17H17N3O3. The first-order chi connectivity index (χ1) is 11.2. The van der Waals surface area contributed by atoms with Gasteiger partial charge in [-0.1, -0.05) is 12.7 Å². The standard InChI is InChI=1S/C17H17N3O3/c1-3-9-23-15-7-6-13(10-16(15)22-2)11-19-20-17(21)14-5-4-8-18-12-14/h3-8,10-12H,1,9H2,2H3,(H,20,21). The van der Waals surface area contributed by atoms with E-state index in [-0.39, 0.29) is 5.91 Å². The van der Waals surface area contributed by atoms with Gasteiger partial charge >= 0.3 is 0 Å². The van der Waals surface area contributed by atoms with Crippen LogP contribution in [0, 0.1) is 0 Å². The van der Waals surface area contributed by atoms with Gasteiger partial charge < -0.3 is 9.47 Å². The number of benzene rings is 1. The number of aromatic nitrogens is 1. The van der Waals surface area contributed by atoms with Crippen LogP contribution in [0.3, 0.4) is 0 Å². The highest BCUT2D eigenvalue weighted by molar-refractivity contribution is 5.94. The molecular weight excluding hydrogens is 294 g/mol. The maximum Gasteiger partial charge on any atom is 0.272 e. The van der Waals surface area contributed by atoms with Crippen LogP contribution < -0.4 is 14.9 Å². The molecule has 0 saturated carbocycles. The van der Waals surface area contributed by atoms with Crippen molar-refractivity contribution < 1.29 is 14.3 Å². The third kappa shape index (κ3) is 4.67. The first-order valence-electron chi connectivity index (χ1n) is 6.89. The zero-order valence-electron chi connectivity index (χ0n) is 12.7. The number of hydrazone groups is 1. The average molecular weight is 311 g/mol. The molecule has 118 valence electrons. The Morgan fingerprint density at radius 3 is 2.96 bits per heavy atom. The molecule has 0 aliphatic carbocycles. The molecule has 2 rings (SSSR count). The number of rotatable bonds is 7. The Morgan fingerprint density at radius 2 is 2.26 bits per heavy atom. The molecule has 0 saturated heterocycles. The van der Waals surface area contributed by atoms with Crippen molar-refractivity contribution in [1.29, 1.82) is 0 Å². The van der Waals surface area contributed by atoms with Crippen LogP contribution in [0.2, 0.25) is 0 Å². The quantitative estimate of drug-likeness (QED) is 0.484. The molecule has 6 nitrogen and oxygen atoms in total. The van der Waals surface area contributed by atoms with Crippen LogP contribution in [-0.4, -0.2) is 30.8 Å². The smallest absolute Gasteiger partial charge is 0.272 e. The van der Waals surface area contributed by atoms with Crippen molar-refractivity contribution in [2.24, 2.45) is 5.10 Å². The monoisotopic (exact) mass is 311 g/mol. The largest absolute Gasteiger partial charge is 0.493 e. The average Bonchev–Trinajstić information content (AvgIpc) is 2.61. The van der Waals surface area contributed by atoms with E-state index in [4.69, 9.17) is 9.47 Å². The zero-order valence-corrected chi connectivity index (χ0v) is 12.7. The van der Waals surface area contributed by atoms with Crippen LogP contribution >= 0.6 is 0 Å². The predicted molar refractivity (Wildman–Crippen MR) is 88.0 cm³/mol. The third-order valence-corrected chi connectivity index (χ3v) is 2.85. The van der Waals surface area contributed by atoms with Crippen LogP contribution in [0.25, 0.3) is 0 Å². The summed E-state index contributed by atoms with van der Waals surface area (Å²) in [5, 5.41) is 3.92. The van der Waals surface area contributed by atoms with Crippen LogP contribution in [0.1, 0.15) is 15.9 Å². The Labute approximate surface area is 134 Å². The Hall–Kier alpha value is -3.15. The summed E-state index contributed by atoms with van der Waals surface area (Å²) in [4.78, 5) is 15.7. The lowest BCUT2D eigenvalue weighted by molar-refractivity contribution is 0.0955. The summed E-state index contributed by atoms with van der Waals surface area (Å²) >= 11 is 0. The molecule has 1 N–H and O–H groups in total. The second-order valence-corrected chi connectivity index (χ2v) is 4.45. The normalized spacial score (nSPS) is 10.3. The van der Waals surface area contributed by atoms with Crippen molar-refractivity contribution in [2.75, 3.05) is 13.7 Å². The van der Waals surface area contributed by atoms with Crippen LogP contribution in [0.4, 0.5) is 0 Å². The number of amides is 1. The molecule has 0 bridgehead atoms. The van der Waals surface area contributed by atoms with Crippen molar-refractivity contribution in [3.63, 3.8) is 0 Å². The van der Waals surface area contributed by atoms with Gasteiger partial charge in [-0.05, 0) is 35.9 Å². The van der Waals surface area contributed by atoms with Crippen LogP contribution in [0.15, 0.2) is 60.5 Å². The fourth-order valence-corrected chi connectivity index (χ4v) is 1.76. The maximum absolute atomic E-state index is 11.8. The fourth-order valence-electron chi connectivity index (χ4n) is 1.76. The van der Waals surface area contributed by atoms with E-state index in [9.17, 15) is 4.79 Å². The van der Waals surface area contributed by atoms with Gasteiger partial charge in [0.05, 0.1) is 18.9 Å². The summed E-state index contributed by atoms with van der Waals surface area (Å²) in [5.74, 6) is 0.866. The summed E-state index contributed by atoms with van der Waals surface area (Å²) < 4.78 is 10.7. The molecule has 0 atom stereocenters. The first kappa shape index (κ1) is 16.2. The Balaban J connectivity index is 2.02. The lowest BCUT2D eigenvalue weighted by Gasteiger charge is -2.09. The highest BCUT2D eigenvalue weighted by Crippen LogP contribution is 2.27. The number of ether oxygens (including phenoxy) is 2. The minimum Gasteiger partial charge on any atom is -0.493 e. The molecule has 1 heterocycles. The SMILES string of the molecule is C=CCOc1ccc(C=NNC(=O)c2cccnc2)cc1OC. The number of carbonyl (C=O) groups excluding carboxylic acids is 1. The second-order valence-electron chi connectivity index (χ2n) is 4.45. The molecule has 1 aromatic heterocycles. The van der Waals surface area contributed by atoms with Gasteiger partial charge in [0, 0.05) is 12.4 Å². The molecule has 0 unspecified atom stereocenters. The number of nitrogens with zero attached hydrogens (tertiary/aromatic N) is 2. The number of methoxy groups -OCH3 is 1. The van der Waals surface area contributed by atoms with Gasteiger partial charge in [-0.25, -0.2) is 5.43 Å². The van der Waals surface area contributed by atoms with Gasteiger partial charge in [0.15, 0.2) is 11.5 Å². The van der Waals surface area contributed by atoms with Crippen LogP contribution in [-0.2, 0) is 0 Å². The van der Waals surface area contributed by atoms with E-state index < -0.39 is 0 Å². The van der Waals surface area contributed by atoms with E-state index in [1.165, 1.54) is 12.4 Å². The van der Waals surface area contributed by atoms with Gasteiger partial charge in [0.2, 0.25) is 0 Å². The van der Waals surface area contributed by atoms with E-state index in [1.807, 2.05) is 0 Å². The lowest BCUT2D eigenvalue weighted by atomic mass is 10.2. The fraction of sp³-hybridized carbons (Fsp3) is 0.118. The summed E-state index contributed by atoms with van der Waals surface area (Å²) in [6.07, 6.45) is 6.25. The minimum absolute atomic E-state index is 0.327. The molecule has 0 aliphatic heterocycles. The van der Waals surface area contributed by atoms with E-state index in [1.54, 1.807) is 49.7 Å². The van der Waals surface area contributed by atoms with Crippen molar-refractivity contribution in [3.8, 4) is 11.5 Å². The molecule has 0 radical (unpaired) electrons. The van der Waals surface area contributed by atoms with Crippen molar-refractivity contribution in [3.05, 3.63) is 66.5 Å². The van der Waals surface area contributed by atoms with Gasteiger partial charge in [0.25, 0.3) is 5.91 Å². The topological polar surface area (TPSA) is 72.8 Å². The number of nitrogens with one attached hydrogen (secondary N) is 1. The number of carbonyl (C=O) groups is 1. The molecule has 23 heavy (non-hydrogen) atoms. The minimum atomic E-state index is -0.327. The van der Waals surface area contributed by atoms with Crippen LogP contribution in [0.5, 0.6) is 11.5 Å². The highest BCUT2D eigenvalue weighted by atomic mass is 16.5. The second kappa shape index (κ2) is 8.33. The predicted octanol–water partition coefficient (Wildman–Crippen LogP) is 2.42. The molecule has 2 aromatic rings. The number of hydrogen-bond donors (Lipinski definition) is 1. The van der Waals surface area contributed by atoms with Gasteiger partial charge in [-0.2, -0.15) is 5.10 Å². The van der Waals surface area contributed by atoms with Gasteiger partial charge in [-0.15, -0.1) is 0 Å². The van der Waals surface area contributed by atoms with Crippen molar-refractivity contribution in [1.82, 2.24) is 10.4 Å². The summed E-state index contributed by atoms with van der Waals surface area (Å²) in [5.41, 5.74) is 3.64. The van der Waals surface area contributed by atoms with E-state index >= 15 is 0 Å². The van der Waals surface area contributed by atoms with Crippen molar-refractivity contribution >= 4 is 12.1 Å². The molecule has 0 spiro atoms. The lowest BCUT2D eigenvalue weighted by Crippen LogP contribution is -2.17. The number of hydrogen-bond acceptors (Lipinski definition) is 5. The molecule has 0 fully saturated rings. The summed E-state index contributed by atoms with van der Waals surface area (Å²) in [6, 6.07) is 8.68. The Bertz CT molecular complexity index is 699.